The van der Waals surface area contributed by atoms with Crippen molar-refractivity contribution in [3.63, 3.8) is 0 Å². The number of aromatic hydroxyl groups is 1. The van der Waals surface area contributed by atoms with Crippen LogP contribution in [0.3, 0.4) is 0 Å². The van der Waals surface area contributed by atoms with Crippen molar-refractivity contribution >= 4 is 22.8 Å². The lowest BCUT2D eigenvalue weighted by Gasteiger charge is -2.35. The van der Waals surface area contributed by atoms with Gasteiger partial charge in [-0.25, -0.2) is 4.39 Å². The Labute approximate surface area is 179 Å². The summed E-state index contributed by atoms with van der Waals surface area (Å²) in [5.74, 6) is -5.12. The molecular weight excluding hydrogens is 430 g/mol. The average molecular weight is 448 g/mol. The molecule has 0 saturated heterocycles. The predicted molar refractivity (Wildman–Crippen MR) is 105 cm³/mol. The van der Waals surface area contributed by atoms with E-state index in [2.05, 4.69) is 0 Å². The first-order valence-corrected chi connectivity index (χ1v) is 9.97. The number of benzene rings is 2. The monoisotopic (exact) mass is 448 g/mol. The molecule has 4 rings (SSSR count). The number of rotatable bonds is 4. The zero-order valence-corrected chi connectivity index (χ0v) is 16.9. The van der Waals surface area contributed by atoms with Crippen LogP contribution in [0.25, 0.3) is 10.9 Å². The second-order valence-corrected chi connectivity index (χ2v) is 8.02. The van der Waals surface area contributed by atoms with Crippen LogP contribution < -0.4 is 5.11 Å². The number of carboxylic acids is 1. The van der Waals surface area contributed by atoms with Crippen LogP contribution in [0.4, 0.5) is 17.6 Å². The van der Waals surface area contributed by atoms with E-state index in [-0.39, 0.29) is 33.6 Å². The normalized spacial score (nSPS) is 15.5. The number of phenols is 1. The molecule has 1 aromatic heterocycles. The molecule has 9 heteroatoms. The van der Waals surface area contributed by atoms with Gasteiger partial charge in [0.25, 0.3) is 5.91 Å². The second-order valence-electron chi connectivity index (χ2n) is 8.02. The Morgan fingerprint density at radius 2 is 1.78 bits per heavy atom. The number of fused-ring (bicyclic) bond motifs is 1. The molecule has 1 fully saturated rings. The SMILES string of the molecule is Cc1c(C(C(=O)[O-])C2CCC2)c2cc(O)c(F)cc2n1C(=O)c1ccc(C(F)(F)F)cc1. The number of hydrogen-bond acceptors (Lipinski definition) is 4. The number of hydrogen-bond donors (Lipinski definition) is 1. The number of nitrogens with zero attached hydrogens (tertiary/aromatic N) is 1. The van der Waals surface area contributed by atoms with Crippen LogP contribution in [0, 0.1) is 18.7 Å². The summed E-state index contributed by atoms with van der Waals surface area (Å²) in [6.07, 6.45) is -2.44. The van der Waals surface area contributed by atoms with Crippen LogP contribution in [-0.2, 0) is 11.0 Å². The molecule has 2 aromatic carbocycles. The number of carbonyl (C=O) groups excluding carboxylic acids is 2. The maximum atomic E-state index is 14.2. The number of phenolic OH excluding ortho intramolecular Hbond substituents is 1. The lowest BCUT2D eigenvalue weighted by Crippen LogP contribution is -2.37. The van der Waals surface area contributed by atoms with E-state index in [1.54, 1.807) is 0 Å². The van der Waals surface area contributed by atoms with Crippen LogP contribution in [0.1, 0.15) is 52.4 Å². The van der Waals surface area contributed by atoms with E-state index < -0.39 is 41.1 Å². The molecule has 5 nitrogen and oxygen atoms in total. The molecule has 1 aliphatic rings. The van der Waals surface area contributed by atoms with Gasteiger partial charge >= 0.3 is 6.18 Å². The van der Waals surface area contributed by atoms with E-state index in [1.165, 1.54) is 6.92 Å². The molecule has 0 radical (unpaired) electrons. The van der Waals surface area contributed by atoms with E-state index >= 15 is 0 Å². The Balaban J connectivity index is 1.91. The summed E-state index contributed by atoms with van der Waals surface area (Å²) >= 11 is 0. The number of carbonyl (C=O) groups is 2. The van der Waals surface area contributed by atoms with Crippen molar-refractivity contribution in [3.8, 4) is 5.75 Å². The van der Waals surface area contributed by atoms with Crippen LogP contribution in [0.5, 0.6) is 5.75 Å². The third-order valence-electron chi connectivity index (χ3n) is 6.17. The Hall–Kier alpha value is -3.36. The summed E-state index contributed by atoms with van der Waals surface area (Å²) in [5, 5.41) is 22.1. The molecular formula is C23H18F4NO4-. The van der Waals surface area contributed by atoms with Crippen LogP contribution >= 0.6 is 0 Å². The van der Waals surface area contributed by atoms with Crippen molar-refractivity contribution in [1.82, 2.24) is 4.57 Å². The summed E-state index contributed by atoms with van der Waals surface area (Å²) < 4.78 is 53.9. The zero-order chi connectivity index (χ0) is 23.4. The maximum Gasteiger partial charge on any atom is 0.416 e. The van der Waals surface area contributed by atoms with Gasteiger partial charge in [0.15, 0.2) is 11.6 Å². The molecule has 3 aromatic rings. The van der Waals surface area contributed by atoms with E-state index in [0.717, 1.165) is 47.4 Å². The fourth-order valence-electron chi connectivity index (χ4n) is 4.35. The number of carboxylic acid groups (broad SMARTS) is 1. The minimum absolute atomic E-state index is 0.0169. The van der Waals surface area contributed by atoms with Crippen molar-refractivity contribution in [2.45, 2.75) is 38.3 Å². The third-order valence-corrected chi connectivity index (χ3v) is 6.17. The Morgan fingerprint density at radius 1 is 1.16 bits per heavy atom. The summed E-state index contributed by atoms with van der Waals surface area (Å²) in [6.45, 7) is 1.49. The van der Waals surface area contributed by atoms with Gasteiger partial charge in [-0.1, -0.05) is 6.42 Å². The molecule has 0 aliphatic heterocycles. The molecule has 1 atom stereocenters. The number of alkyl halides is 3. The van der Waals surface area contributed by atoms with Crippen molar-refractivity contribution in [2.24, 2.45) is 5.92 Å². The van der Waals surface area contributed by atoms with Crippen molar-refractivity contribution in [1.29, 1.82) is 0 Å². The van der Waals surface area contributed by atoms with E-state index in [0.29, 0.717) is 12.8 Å². The van der Waals surface area contributed by atoms with Crippen molar-refractivity contribution in [3.05, 3.63) is 64.6 Å². The van der Waals surface area contributed by atoms with Gasteiger partial charge in [-0.3, -0.25) is 9.36 Å². The Morgan fingerprint density at radius 3 is 2.28 bits per heavy atom. The zero-order valence-electron chi connectivity index (χ0n) is 16.9. The van der Waals surface area contributed by atoms with Gasteiger partial charge in [-0.05, 0) is 61.6 Å². The number of halogens is 4. The molecule has 1 N–H and O–H groups in total. The van der Waals surface area contributed by atoms with Crippen LogP contribution in [0.15, 0.2) is 36.4 Å². The summed E-state index contributed by atoms with van der Waals surface area (Å²) in [7, 11) is 0. The fraction of sp³-hybridized carbons (Fsp3) is 0.304. The molecule has 32 heavy (non-hydrogen) atoms. The molecule has 1 unspecified atom stereocenters. The first-order chi connectivity index (χ1) is 15.0. The van der Waals surface area contributed by atoms with Gasteiger partial charge < -0.3 is 15.0 Å². The summed E-state index contributed by atoms with van der Waals surface area (Å²) in [5.41, 5.74) is -0.562. The molecule has 0 amide bonds. The highest BCUT2D eigenvalue weighted by Crippen LogP contribution is 2.44. The van der Waals surface area contributed by atoms with Crippen molar-refractivity contribution < 1.29 is 37.4 Å². The molecule has 1 saturated carbocycles. The summed E-state index contributed by atoms with van der Waals surface area (Å²) in [4.78, 5) is 25.2. The van der Waals surface area contributed by atoms with Crippen molar-refractivity contribution in [2.75, 3.05) is 0 Å². The van der Waals surface area contributed by atoms with Gasteiger partial charge in [0.2, 0.25) is 0 Å². The standard InChI is InChI=1S/C23H19F4NO4/c1-11-19(20(22(31)32)12-3-2-4-12)15-9-18(29)16(24)10-17(15)28(11)21(30)13-5-7-14(8-6-13)23(25,26)27/h5-10,12,20,29H,2-4H2,1H3,(H,31,32)/p-1. The topological polar surface area (TPSA) is 82.4 Å². The van der Waals surface area contributed by atoms with Gasteiger partial charge in [-0.2, -0.15) is 13.2 Å². The highest BCUT2D eigenvalue weighted by molar-refractivity contribution is 6.05. The third kappa shape index (κ3) is 3.51. The van der Waals surface area contributed by atoms with E-state index in [1.807, 2.05) is 0 Å². The van der Waals surface area contributed by atoms with Gasteiger partial charge in [-0.15, -0.1) is 0 Å². The first-order valence-electron chi connectivity index (χ1n) is 9.97. The Kier molecular flexibility index (Phi) is 5.22. The molecule has 1 heterocycles. The first kappa shape index (κ1) is 21.9. The van der Waals surface area contributed by atoms with Crippen LogP contribution in [-0.4, -0.2) is 21.6 Å². The maximum absolute atomic E-state index is 14.2. The lowest BCUT2D eigenvalue weighted by molar-refractivity contribution is -0.310. The molecule has 1 aliphatic carbocycles. The fourth-order valence-corrected chi connectivity index (χ4v) is 4.35. The van der Waals surface area contributed by atoms with E-state index in [4.69, 9.17) is 0 Å². The molecule has 0 spiro atoms. The average Bonchev–Trinajstić information content (AvgIpc) is 2.94. The smallest absolute Gasteiger partial charge is 0.416 e. The van der Waals surface area contributed by atoms with E-state index in [9.17, 15) is 37.4 Å². The van der Waals surface area contributed by atoms with Gasteiger partial charge in [0, 0.05) is 34.6 Å². The second kappa shape index (κ2) is 7.65. The lowest BCUT2D eigenvalue weighted by atomic mass is 9.72. The quantitative estimate of drug-likeness (QED) is 0.609. The molecule has 168 valence electrons. The Bertz CT molecular complexity index is 1220. The number of aromatic nitrogens is 1. The predicted octanol–water partition coefficient (Wildman–Crippen LogP) is 4.14. The van der Waals surface area contributed by atoms with Gasteiger partial charge in [0.1, 0.15) is 0 Å². The van der Waals surface area contributed by atoms with Gasteiger partial charge in [0.05, 0.1) is 11.1 Å². The highest BCUT2D eigenvalue weighted by Gasteiger charge is 2.35. The molecule has 0 bridgehead atoms. The number of aliphatic carboxylic acids is 1. The summed E-state index contributed by atoms with van der Waals surface area (Å²) in [6, 6.07) is 5.53. The highest BCUT2D eigenvalue weighted by atomic mass is 19.4. The minimum Gasteiger partial charge on any atom is -0.549 e. The van der Waals surface area contributed by atoms with Crippen LogP contribution in [0.2, 0.25) is 0 Å². The largest absolute Gasteiger partial charge is 0.549 e. The minimum atomic E-state index is -4.57.